The molecule has 0 spiro atoms. The molecular weight excluding hydrogens is 236 g/mol. The first-order valence-electron chi connectivity index (χ1n) is 5.54. The highest BCUT2D eigenvalue weighted by molar-refractivity contribution is 5.39. The van der Waals surface area contributed by atoms with Crippen molar-refractivity contribution in [2.24, 2.45) is 5.73 Å². The molecule has 0 saturated heterocycles. The van der Waals surface area contributed by atoms with Gasteiger partial charge in [-0.3, -0.25) is 0 Å². The molecule has 18 heavy (non-hydrogen) atoms. The topological polar surface area (TPSA) is 35.2 Å². The zero-order chi connectivity index (χ0) is 13.1. The normalized spacial score (nSPS) is 12.2. The maximum absolute atomic E-state index is 13.1. The van der Waals surface area contributed by atoms with Crippen LogP contribution in [0.5, 0.6) is 11.5 Å². The van der Waals surface area contributed by atoms with Crippen LogP contribution in [-0.2, 0) is 0 Å². The van der Waals surface area contributed by atoms with Gasteiger partial charge in [0.1, 0.15) is 23.1 Å². The van der Waals surface area contributed by atoms with Crippen LogP contribution in [0.4, 0.5) is 8.78 Å². The highest BCUT2D eigenvalue weighted by Crippen LogP contribution is 2.29. The molecule has 1 atom stereocenters. The molecule has 1 unspecified atom stereocenters. The van der Waals surface area contributed by atoms with Gasteiger partial charge >= 0.3 is 0 Å². The number of ether oxygens (including phenoxy) is 1. The van der Waals surface area contributed by atoms with E-state index < -0.39 is 5.82 Å². The van der Waals surface area contributed by atoms with Crippen LogP contribution in [0.25, 0.3) is 0 Å². The zero-order valence-electron chi connectivity index (χ0n) is 9.86. The van der Waals surface area contributed by atoms with Gasteiger partial charge in [-0.1, -0.05) is 6.07 Å². The fraction of sp³-hybridized carbons (Fsp3) is 0.143. The van der Waals surface area contributed by atoms with E-state index in [9.17, 15) is 8.78 Å². The Labute approximate surface area is 104 Å². The number of nitrogens with two attached hydrogens (primary N) is 1. The fourth-order valence-corrected chi connectivity index (χ4v) is 1.63. The van der Waals surface area contributed by atoms with Gasteiger partial charge in [-0.15, -0.1) is 0 Å². The molecule has 0 aliphatic rings. The van der Waals surface area contributed by atoms with Gasteiger partial charge < -0.3 is 10.5 Å². The van der Waals surface area contributed by atoms with Gasteiger partial charge in [0.25, 0.3) is 0 Å². The highest BCUT2D eigenvalue weighted by atomic mass is 19.1. The van der Waals surface area contributed by atoms with Crippen LogP contribution in [0.3, 0.4) is 0 Å². The van der Waals surface area contributed by atoms with Crippen molar-refractivity contribution in [3.05, 3.63) is 59.7 Å². The molecule has 2 aromatic carbocycles. The minimum Gasteiger partial charge on any atom is -0.457 e. The van der Waals surface area contributed by atoms with Gasteiger partial charge in [-0.05, 0) is 37.3 Å². The molecule has 0 heterocycles. The van der Waals surface area contributed by atoms with Crippen LogP contribution >= 0.6 is 0 Å². The average molecular weight is 249 g/mol. The van der Waals surface area contributed by atoms with Crippen molar-refractivity contribution >= 4 is 0 Å². The second-order valence-electron chi connectivity index (χ2n) is 4.03. The van der Waals surface area contributed by atoms with E-state index in [2.05, 4.69) is 0 Å². The van der Waals surface area contributed by atoms with Crippen molar-refractivity contribution in [1.29, 1.82) is 0 Å². The molecule has 94 valence electrons. The summed E-state index contributed by atoms with van der Waals surface area (Å²) in [6.45, 7) is 1.73. The summed E-state index contributed by atoms with van der Waals surface area (Å²) in [5.41, 5.74) is 6.29. The minimum absolute atomic E-state index is 0.350. The zero-order valence-corrected chi connectivity index (χ0v) is 9.86. The largest absolute Gasteiger partial charge is 0.457 e. The van der Waals surface area contributed by atoms with Crippen molar-refractivity contribution in [3.8, 4) is 11.5 Å². The van der Waals surface area contributed by atoms with E-state index in [4.69, 9.17) is 10.5 Å². The third-order valence-corrected chi connectivity index (χ3v) is 2.49. The molecule has 2 aromatic rings. The highest BCUT2D eigenvalue weighted by Gasteiger charge is 2.10. The lowest BCUT2D eigenvalue weighted by molar-refractivity contribution is 0.464. The summed E-state index contributed by atoms with van der Waals surface area (Å²) < 4.78 is 31.7. The van der Waals surface area contributed by atoms with Gasteiger partial charge in [0.15, 0.2) is 0 Å². The Morgan fingerprint density at radius 2 is 1.78 bits per heavy atom. The van der Waals surface area contributed by atoms with E-state index >= 15 is 0 Å². The molecule has 2 rings (SSSR count). The summed E-state index contributed by atoms with van der Waals surface area (Å²) >= 11 is 0. The maximum Gasteiger partial charge on any atom is 0.132 e. The van der Waals surface area contributed by atoms with E-state index in [0.717, 1.165) is 0 Å². The first-order chi connectivity index (χ1) is 8.56. The second kappa shape index (κ2) is 5.14. The third kappa shape index (κ3) is 2.84. The standard InChI is InChI=1S/C14H13F2NO/c1-9(17)13-8-11(16)5-6-14(13)18-12-4-2-3-10(15)7-12/h2-9H,17H2,1H3. The van der Waals surface area contributed by atoms with Crippen LogP contribution in [-0.4, -0.2) is 0 Å². The van der Waals surface area contributed by atoms with Crippen LogP contribution in [0.15, 0.2) is 42.5 Å². The lowest BCUT2D eigenvalue weighted by Gasteiger charge is -2.13. The Morgan fingerprint density at radius 3 is 2.44 bits per heavy atom. The maximum atomic E-state index is 13.1. The predicted molar refractivity (Wildman–Crippen MR) is 65.5 cm³/mol. The molecule has 2 N–H and O–H groups in total. The Bertz CT molecular complexity index is 555. The molecular formula is C14H13F2NO. The van der Waals surface area contributed by atoms with Gasteiger partial charge in [0.2, 0.25) is 0 Å². The molecule has 0 fully saturated rings. The van der Waals surface area contributed by atoms with E-state index in [1.165, 1.54) is 30.3 Å². The van der Waals surface area contributed by atoms with Crippen molar-refractivity contribution in [1.82, 2.24) is 0 Å². The quantitative estimate of drug-likeness (QED) is 0.898. The number of rotatable bonds is 3. The minimum atomic E-state index is -0.392. The monoisotopic (exact) mass is 249 g/mol. The second-order valence-corrected chi connectivity index (χ2v) is 4.03. The number of benzene rings is 2. The first-order valence-corrected chi connectivity index (χ1v) is 5.54. The van der Waals surface area contributed by atoms with Crippen molar-refractivity contribution in [2.45, 2.75) is 13.0 Å². The average Bonchev–Trinajstić information content (AvgIpc) is 2.31. The molecule has 2 nitrogen and oxygen atoms in total. The van der Waals surface area contributed by atoms with Crippen LogP contribution in [0.2, 0.25) is 0 Å². The first kappa shape index (κ1) is 12.5. The predicted octanol–water partition coefficient (Wildman–Crippen LogP) is 3.78. The van der Waals surface area contributed by atoms with E-state index in [1.807, 2.05) is 0 Å². The molecule has 4 heteroatoms. The molecule has 0 saturated carbocycles. The Balaban J connectivity index is 2.34. The Hall–Kier alpha value is -1.94. The number of halogens is 2. The SMILES string of the molecule is CC(N)c1cc(F)ccc1Oc1cccc(F)c1. The Morgan fingerprint density at radius 1 is 1.06 bits per heavy atom. The lowest BCUT2D eigenvalue weighted by atomic mass is 10.1. The molecule has 0 radical (unpaired) electrons. The number of hydrogen-bond donors (Lipinski definition) is 1. The summed E-state index contributed by atoms with van der Waals surface area (Å²) in [4.78, 5) is 0. The summed E-state index contributed by atoms with van der Waals surface area (Å²) in [5, 5.41) is 0. The summed E-state index contributed by atoms with van der Waals surface area (Å²) in [7, 11) is 0. The van der Waals surface area contributed by atoms with Crippen LogP contribution < -0.4 is 10.5 Å². The van der Waals surface area contributed by atoms with Crippen molar-refractivity contribution in [2.75, 3.05) is 0 Å². The molecule has 0 aliphatic heterocycles. The third-order valence-electron chi connectivity index (χ3n) is 2.49. The van der Waals surface area contributed by atoms with Crippen LogP contribution in [0, 0.1) is 11.6 Å². The van der Waals surface area contributed by atoms with E-state index in [1.54, 1.807) is 19.1 Å². The van der Waals surface area contributed by atoms with E-state index in [-0.39, 0.29) is 11.9 Å². The molecule has 0 bridgehead atoms. The van der Waals surface area contributed by atoms with Gasteiger partial charge in [0.05, 0.1) is 0 Å². The molecule has 0 aliphatic carbocycles. The van der Waals surface area contributed by atoms with Crippen LogP contribution in [0.1, 0.15) is 18.5 Å². The van der Waals surface area contributed by atoms with Gasteiger partial charge in [0, 0.05) is 17.7 Å². The fourth-order valence-electron chi connectivity index (χ4n) is 1.63. The smallest absolute Gasteiger partial charge is 0.132 e. The van der Waals surface area contributed by atoms with E-state index in [0.29, 0.717) is 17.1 Å². The molecule has 0 amide bonds. The summed E-state index contributed by atoms with van der Waals surface area (Å²) in [5.74, 6) is 0.00589. The van der Waals surface area contributed by atoms with Gasteiger partial charge in [-0.2, -0.15) is 0 Å². The van der Waals surface area contributed by atoms with Crippen molar-refractivity contribution in [3.63, 3.8) is 0 Å². The van der Waals surface area contributed by atoms with Crippen molar-refractivity contribution < 1.29 is 13.5 Å². The number of hydrogen-bond acceptors (Lipinski definition) is 2. The summed E-state index contributed by atoms with van der Waals surface area (Å²) in [6.07, 6.45) is 0. The lowest BCUT2D eigenvalue weighted by Crippen LogP contribution is -2.07. The Kier molecular flexibility index (Phi) is 3.58. The summed E-state index contributed by atoms with van der Waals surface area (Å²) in [6, 6.07) is 9.46. The van der Waals surface area contributed by atoms with Gasteiger partial charge in [-0.25, -0.2) is 8.78 Å². The molecule has 0 aromatic heterocycles.